The molecule has 6 nitrogen and oxygen atoms in total. The zero-order valence-corrected chi connectivity index (χ0v) is 22.4. The van der Waals surface area contributed by atoms with E-state index in [1.165, 1.54) is 26.2 Å². The third-order valence-electron chi connectivity index (χ3n) is 4.88. The number of hydrogen-bond acceptors (Lipinski definition) is 5. The van der Waals surface area contributed by atoms with Crippen LogP contribution in [-0.4, -0.2) is 34.1 Å². The summed E-state index contributed by atoms with van der Waals surface area (Å²) in [7, 11) is 0. The predicted octanol–water partition coefficient (Wildman–Crippen LogP) is 7.06. The van der Waals surface area contributed by atoms with Gasteiger partial charge in [-0.15, -0.1) is 0 Å². The topological polar surface area (TPSA) is 81.3 Å². The summed E-state index contributed by atoms with van der Waals surface area (Å²) in [5, 5.41) is 0. The summed E-state index contributed by atoms with van der Waals surface area (Å²) in [6, 6.07) is 0. The molecular weight excluding hydrogens is 404 g/mol. The Morgan fingerprint density at radius 2 is 1.66 bits per heavy atom. The molecular formula is C26H50N2O4. The zero-order valence-electron chi connectivity index (χ0n) is 22.4. The van der Waals surface area contributed by atoms with Crippen LogP contribution >= 0.6 is 0 Å². The molecule has 0 aliphatic rings. The first kappa shape index (κ1) is 32.3. The van der Waals surface area contributed by atoms with Gasteiger partial charge in [-0.1, -0.05) is 60.3 Å². The summed E-state index contributed by atoms with van der Waals surface area (Å²) in [6.45, 7) is 20.3. The van der Waals surface area contributed by atoms with Gasteiger partial charge in [0.15, 0.2) is 0 Å². The maximum atomic E-state index is 12.0. The van der Waals surface area contributed by atoms with Crippen LogP contribution in [0.2, 0.25) is 0 Å². The fourth-order valence-electron chi connectivity index (χ4n) is 2.80. The van der Waals surface area contributed by atoms with Crippen molar-refractivity contribution in [2.45, 2.75) is 119 Å². The summed E-state index contributed by atoms with van der Waals surface area (Å²) in [6.07, 6.45) is 10.5. The molecule has 0 saturated carbocycles. The molecule has 3 unspecified atom stereocenters. The van der Waals surface area contributed by atoms with Crippen molar-refractivity contribution in [1.82, 2.24) is 9.97 Å². The Kier molecular flexibility index (Phi) is 18.9. The minimum Gasteiger partial charge on any atom is -0.465 e. The number of nitrogens with one attached hydrogen (secondary N) is 1. The van der Waals surface area contributed by atoms with Gasteiger partial charge in [-0.2, -0.15) is 0 Å². The molecule has 1 heterocycles. The number of aromatic nitrogens is 2. The van der Waals surface area contributed by atoms with Crippen LogP contribution in [0.1, 0.15) is 119 Å². The minimum absolute atomic E-state index is 0.167. The Bertz CT molecular complexity index is 577. The number of carbonyl (C=O) groups excluding carboxylic acids is 2. The van der Waals surface area contributed by atoms with E-state index in [9.17, 15) is 9.59 Å². The Morgan fingerprint density at radius 3 is 2.00 bits per heavy atom. The SMILES string of the molecule is CC(=O)OC(C)(C)C.CCCC.CCCC(COC(=O)C(C)c1cnc[nH]1)CC(C)CC. The molecule has 1 aromatic rings. The van der Waals surface area contributed by atoms with Gasteiger partial charge in [0.2, 0.25) is 0 Å². The number of unbranched alkanes of at least 4 members (excludes halogenated alkanes) is 1. The maximum Gasteiger partial charge on any atom is 0.314 e. The number of esters is 2. The zero-order chi connectivity index (χ0) is 25.2. The molecule has 188 valence electrons. The number of aromatic amines is 1. The lowest BCUT2D eigenvalue weighted by atomic mass is 9.91. The summed E-state index contributed by atoms with van der Waals surface area (Å²) >= 11 is 0. The van der Waals surface area contributed by atoms with Crippen molar-refractivity contribution >= 4 is 11.9 Å². The Labute approximate surface area is 197 Å². The van der Waals surface area contributed by atoms with E-state index in [0.717, 1.165) is 25.0 Å². The monoisotopic (exact) mass is 454 g/mol. The van der Waals surface area contributed by atoms with Crippen LogP contribution in [-0.2, 0) is 19.1 Å². The molecule has 0 spiro atoms. The Balaban J connectivity index is 0. The number of hydrogen-bond donors (Lipinski definition) is 1. The molecule has 0 aliphatic heterocycles. The van der Waals surface area contributed by atoms with Crippen LogP contribution < -0.4 is 0 Å². The average Bonchev–Trinajstić information content (AvgIpc) is 3.24. The number of rotatable bonds is 10. The van der Waals surface area contributed by atoms with E-state index in [0.29, 0.717) is 18.4 Å². The number of H-pyrrole nitrogens is 1. The van der Waals surface area contributed by atoms with Crippen LogP contribution in [0.5, 0.6) is 0 Å². The molecule has 0 bridgehead atoms. The van der Waals surface area contributed by atoms with E-state index in [-0.39, 0.29) is 23.5 Å². The first-order valence-electron chi connectivity index (χ1n) is 12.3. The summed E-state index contributed by atoms with van der Waals surface area (Å²) in [5.74, 6) is 0.503. The van der Waals surface area contributed by atoms with Crippen molar-refractivity contribution in [2.75, 3.05) is 6.61 Å². The van der Waals surface area contributed by atoms with E-state index < -0.39 is 0 Å². The summed E-state index contributed by atoms with van der Waals surface area (Å²) in [5.41, 5.74) is 0.482. The molecule has 0 saturated heterocycles. The third-order valence-corrected chi connectivity index (χ3v) is 4.88. The standard InChI is InChI=1S/C16H28N2O2.C6H12O2.C4H10/c1-5-7-14(8-12(3)6-2)10-20-16(19)13(4)15-9-17-11-18-15;1-5(7)8-6(2,3)4;1-3-4-2/h9,11-14H,5-8,10H2,1-4H3,(H,17,18);1-4H3;3-4H2,1-2H3. The second kappa shape index (κ2) is 18.7. The largest absolute Gasteiger partial charge is 0.465 e. The fraction of sp³-hybridized carbons (Fsp3) is 0.808. The first-order valence-corrected chi connectivity index (χ1v) is 12.3. The molecule has 6 heteroatoms. The quantitative estimate of drug-likeness (QED) is 0.383. The molecule has 3 atom stereocenters. The predicted molar refractivity (Wildman–Crippen MR) is 133 cm³/mol. The highest BCUT2D eigenvalue weighted by molar-refractivity contribution is 5.76. The Hall–Kier alpha value is -1.85. The van der Waals surface area contributed by atoms with Crippen molar-refractivity contribution in [2.24, 2.45) is 11.8 Å². The molecule has 0 aromatic carbocycles. The van der Waals surface area contributed by atoms with Crippen molar-refractivity contribution in [3.05, 3.63) is 18.2 Å². The van der Waals surface area contributed by atoms with Gasteiger partial charge in [0, 0.05) is 18.8 Å². The molecule has 0 aliphatic carbocycles. The van der Waals surface area contributed by atoms with Gasteiger partial charge in [-0.3, -0.25) is 9.59 Å². The van der Waals surface area contributed by atoms with Gasteiger partial charge in [-0.25, -0.2) is 4.98 Å². The van der Waals surface area contributed by atoms with Crippen LogP contribution in [0, 0.1) is 11.8 Å². The van der Waals surface area contributed by atoms with Crippen molar-refractivity contribution in [3.63, 3.8) is 0 Å². The lowest BCUT2D eigenvalue weighted by molar-refractivity contribution is -0.152. The van der Waals surface area contributed by atoms with Crippen molar-refractivity contribution in [1.29, 1.82) is 0 Å². The van der Waals surface area contributed by atoms with Crippen LogP contribution in [0.4, 0.5) is 0 Å². The van der Waals surface area contributed by atoms with E-state index in [1.807, 2.05) is 27.7 Å². The van der Waals surface area contributed by atoms with Crippen LogP contribution in [0.3, 0.4) is 0 Å². The molecule has 0 amide bonds. The van der Waals surface area contributed by atoms with Gasteiger partial charge in [0.05, 0.1) is 18.9 Å². The van der Waals surface area contributed by atoms with Gasteiger partial charge >= 0.3 is 11.9 Å². The highest BCUT2D eigenvalue weighted by atomic mass is 16.6. The van der Waals surface area contributed by atoms with Crippen LogP contribution in [0.15, 0.2) is 12.5 Å². The van der Waals surface area contributed by atoms with Gasteiger partial charge in [0.25, 0.3) is 0 Å². The van der Waals surface area contributed by atoms with E-state index in [1.54, 1.807) is 12.5 Å². The highest BCUT2D eigenvalue weighted by Gasteiger charge is 2.20. The lowest BCUT2D eigenvalue weighted by Gasteiger charge is -2.20. The maximum absolute atomic E-state index is 12.0. The average molecular weight is 455 g/mol. The number of imidazole rings is 1. The second-order valence-electron chi connectivity index (χ2n) is 9.47. The normalized spacial score (nSPS) is 13.4. The van der Waals surface area contributed by atoms with E-state index in [2.05, 4.69) is 44.6 Å². The fourth-order valence-corrected chi connectivity index (χ4v) is 2.80. The lowest BCUT2D eigenvalue weighted by Crippen LogP contribution is -2.21. The van der Waals surface area contributed by atoms with E-state index >= 15 is 0 Å². The van der Waals surface area contributed by atoms with E-state index in [4.69, 9.17) is 9.47 Å². The highest BCUT2D eigenvalue weighted by Crippen LogP contribution is 2.21. The molecule has 0 radical (unpaired) electrons. The summed E-state index contributed by atoms with van der Waals surface area (Å²) in [4.78, 5) is 29.2. The van der Waals surface area contributed by atoms with Gasteiger partial charge < -0.3 is 14.5 Å². The number of carbonyl (C=O) groups is 2. The second-order valence-corrected chi connectivity index (χ2v) is 9.47. The smallest absolute Gasteiger partial charge is 0.314 e. The minimum atomic E-state index is -0.328. The Morgan fingerprint density at radius 1 is 1.06 bits per heavy atom. The molecule has 0 fully saturated rings. The first-order chi connectivity index (χ1) is 14.9. The van der Waals surface area contributed by atoms with Gasteiger partial charge in [0.1, 0.15) is 5.60 Å². The van der Waals surface area contributed by atoms with Crippen molar-refractivity contribution < 1.29 is 19.1 Å². The van der Waals surface area contributed by atoms with Crippen molar-refractivity contribution in [3.8, 4) is 0 Å². The summed E-state index contributed by atoms with van der Waals surface area (Å²) < 4.78 is 10.3. The van der Waals surface area contributed by atoms with Gasteiger partial charge in [-0.05, 0) is 52.4 Å². The molecule has 1 rings (SSSR count). The number of nitrogens with zero attached hydrogens (tertiary/aromatic N) is 1. The van der Waals surface area contributed by atoms with Crippen LogP contribution in [0.25, 0.3) is 0 Å². The molecule has 32 heavy (non-hydrogen) atoms. The third kappa shape index (κ3) is 18.9. The molecule has 1 N–H and O–H groups in total. The molecule has 1 aromatic heterocycles. The number of ether oxygens (including phenoxy) is 2.